The Balaban J connectivity index is 1.74. The molecule has 3 aromatic rings. The second kappa shape index (κ2) is 10.8. The number of amides is 2. The molecule has 6 heteroatoms. The first-order valence-electron chi connectivity index (χ1n) is 11.6. The summed E-state index contributed by atoms with van der Waals surface area (Å²) >= 11 is 1.56. The van der Waals surface area contributed by atoms with Gasteiger partial charge in [-0.15, -0.1) is 11.3 Å². The van der Waals surface area contributed by atoms with Crippen molar-refractivity contribution in [2.75, 3.05) is 4.90 Å². The Morgan fingerprint density at radius 1 is 1.06 bits per heavy atom. The fourth-order valence-electron chi connectivity index (χ4n) is 4.45. The summed E-state index contributed by atoms with van der Waals surface area (Å²) in [5.74, 6) is -0.229. The maximum atomic E-state index is 13.8. The third-order valence-corrected chi connectivity index (χ3v) is 7.30. The molecule has 5 nitrogen and oxygen atoms in total. The lowest BCUT2D eigenvalue weighted by Crippen LogP contribution is -2.47. The molecule has 0 spiro atoms. The average molecular weight is 462 g/mol. The highest BCUT2D eigenvalue weighted by Crippen LogP contribution is 2.31. The van der Waals surface area contributed by atoms with Crippen molar-refractivity contribution in [3.05, 3.63) is 81.8 Å². The standard InChI is InChI=1S/C27H31N3O2S/c1-19-10-11-23(17-20(19)2)30(25(31)18-24-9-6-16-33-24)26(21-12-14-28-15-13-21)27(32)29-22-7-4-3-5-8-22/h6,9-17,22,26H,3-5,7-8,18H2,1-2H3,(H,29,32)/t26-/m1/s1. The van der Waals surface area contributed by atoms with Gasteiger partial charge in [-0.3, -0.25) is 19.5 Å². The molecule has 1 saturated carbocycles. The number of thiophene rings is 1. The molecule has 2 amide bonds. The zero-order valence-electron chi connectivity index (χ0n) is 19.3. The van der Waals surface area contributed by atoms with Crippen LogP contribution in [-0.2, 0) is 16.0 Å². The van der Waals surface area contributed by atoms with Gasteiger partial charge in [-0.1, -0.05) is 31.4 Å². The Bertz CT molecular complexity index is 1080. The molecule has 4 rings (SSSR count). The van der Waals surface area contributed by atoms with E-state index in [-0.39, 0.29) is 24.3 Å². The van der Waals surface area contributed by atoms with Crippen molar-refractivity contribution in [1.82, 2.24) is 10.3 Å². The lowest BCUT2D eigenvalue weighted by atomic mass is 9.94. The number of carbonyl (C=O) groups is 2. The van der Waals surface area contributed by atoms with Gasteiger partial charge in [0, 0.05) is 29.0 Å². The van der Waals surface area contributed by atoms with Gasteiger partial charge in [0.1, 0.15) is 6.04 Å². The van der Waals surface area contributed by atoms with E-state index in [1.54, 1.807) is 28.6 Å². The Hall–Kier alpha value is -2.99. The number of nitrogens with zero attached hydrogens (tertiary/aromatic N) is 2. The third-order valence-electron chi connectivity index (χ3n) is 6.42. The van der Waals surface area contributed by atoms with E-state index >= 15 is 0 Å². The zero-order valence-corrected chi connectivity index (χ0v) is 20.1. The molecule has 0 unspecified atom stereocenters. The largest absolute Gasteiger partial charge is 0.351 e. The van der Waals surface area contributed by atoms with E-state index in [0.29, 0.717) is 0 Å². The van der Waals surface area contributed by atoms with Gasteiger partial charge in [-0.2, -0.15) is 0 Å². The number of hydrogen-bond acceptors (Lipinski definition) is 4. The Morgan fingerprint density at radius 3 is 2.48 bits per heavy atom. The molecule has 1 aliphatic rings. The molecule has 2 heterocycles. The number of nitrogens with one attached hydrogen (secondary N) is 1. The third kappa shape index (κ3) is 5.69. The molecule has 1 N–H and O–H groups in total. The number of pyridine rings is 1. The maximum absolute atomic E-state index is 13.8. The predicted octanol–water partition coefficient (Wildman–Crippen LogP) is 5.53. The van der Waals surface area contributed by atoms with Crippen LogP contribution in [0.5, 0.6) is 0 Å². The van der Waals surface area contributed by atoms with Crippen LogP contribution in [0.2, 0.25) is 0 Å². The molecule has 33 heavy (non-hydrogen) atoms. The van der Waals surface area contributed by atoms with E-state index in [4.69, 9.17) is 0 Å². The van der Waals surface area contributed by atoms with E-state index in [1.165, 1.54) is 6.42 Å². The van der Waals surface area contributed by atoms with Crippen molar-refractivity contribution in [3.8, 4) is 0 Å². The molecule has 0 saturated heterocycles. The first kappa shape index (κ1) is 23.2. The van der Waals surface area contributed by atoms with Gasteiger partial charge < -0.3 is 5.32 Å². The van der Waals surface area contributed by atoms with Crippen molar-refractivity contribution in [2.24, 2.45) is 0 Å². The molecular formula is C27H31N3O2S. The van der Waals surface area contributed by atoms with Crippen LogP contribution in [0, 0.1) is 13.8 Å². The lowest BCUT2D eigenvalue weighted by molar-refractivity contribution is -0.127. The smallest absolute Gasteiger partial charge is 0.248 e. The molecule has 1 aromatic carbocycles. The summed E-state index contributed by atoms with van der Waals surface area (Å²) in [7, 11) is 0. The van der Waals surface area contributed by atoms with Crippen molar-refractivity contribution < 1.29 is 9.59 Å². The van der Waals surface area contributed by atoms with Crippen LogP contribution in [0.3, 0.4) is 0 Å². The molecule has 172 valence electrons. The van der Waals surface area contributed by atoms with E-state index in [2.05, 4.69) is 10.3 Å². The Labute approximate surface area is 199 Å². The summed E-state index contributed by atoms with van der Waals surface area (Å²) in [6.07, 6.45) is 9.06. The molecule has 1 aliphatic carbocycles. The minimum Gasteiger partial charge on any atom is -0.351 e. The van der Waals surface area contributed by atoms with E-state index in [1.807, 2.05) is 61.7 Å². The van der Waals surface area contributed by atoms with Crippen LogP contribution in [0.15, 0.2) is 60.2 Å². The van der Waals surface area contributed by atoms with Crippen molar-refractivity contribution in [3.63, 3.8) is 0 Å². The molecule has 1 atom stereocenters. The number of hydrogen-bond donors (Lipinski definition) is 1. The quantitative estimate of drug-likeness (QED) is 0.503. The fourth-order valence-corrected chi connectivity index (χ4v) is 5.15. The van der Waals surface area contributed by atoms with Gasteiger partial charge in [0.15, 0.2) is 0 Å². The fraction of sp³-hybridized carbons (Fsp3) is 0.370. The van der Waals surface area contributed by atoms with Gasteiger partial charge in [-0.25, -0.2) is 0 Å². The van der Waals surface area contributed by atoms with Crippen molar-refractivity contribution >= 4 is 28.8 Å². The van der Waals surface area contributed by atoms with Gasteiger partial charge in [0.25, 0.3) is 0 Å². The van der Waals surface area contributed by atoms with E-state index < -0.39 is 6.04 Å². The first-order valence-corrected chi connectivity index (χ1v) is 12.5. The van der Waals surface area contributed by atoms with Crippen LogP contribution < -0.4 is 10.2 Å². The Morgan fingerprint density at radius 2 is 1.82 bits per heavy atom. The lowest BCUT2D eigenvalue weighted by Gasteiger charge is -2.33. The van der Waals surface area contributed by atoms with Crippen molar-refractivity contribution in [2.45, 2.75) is 64.5 Å². The Kier molecular flexibility index (Phi) is 7.55. The maximum Gasteiger partial charge on any atom is 0.248 e. The highest BCUT2D eigenvalue weighted by Gasteiger charge is 2.34. The summed E-state index contributed by atoms with van der Waals surface area (Å²) in [4.78, 5) is 34.3. The van der Waals surface area contributed by atoms with Crippen LogP contribution in [0.1, 0.15) is 59.7 Å². The molecular weight excluding hydrogens is 430 g/mol. The second-order valence-electron chi connectivity index (χ2n) is 8.82. The predicted molar refractivity (Wildman–Crippen MR) is 133 cm³/mol. The minimum atomic E-state index is -0.760. The number of rotatable bonds is 7. The number of carbonyl (C=O) groups excluding carboxylic acids is 2. The normalized spacial score (nSPS) is 15.1. The van der Waals surface area contributed by atoms with Crippen LogP contribution >= 0.6 is 11.3 Å². The highest BCUT2D eigenvalue weighted by atomic mass is 32.1. The zero-order chi connectivity index (χ0) is 23.2. The van der Waals surface area contributed by atoms with Gasteiger partial charge in [0.05, 0.1) is 6.42 Å². The van der Waals surface area contributed by atoms with Crippen molar-refractivity contribution in [1.29, 1.82) is 0 Å². The van der Waals surface area contributed by atoms with E-state index in [0.717, 1.165) is 52.9 Å². The summed E-state index contributed by atoms with van der Waals surface area (Å²) in [6.45, 7) is 4.08. The molecule has 0 radical (unpaired) electrons. The first-order chi connectivity index (χ1) is 16.0. The molecule has 0 aliphatic heterocycles. The van der Waals surface area contributed by atoms with Gasteiger partial charge in [-0.05, 0) is 79.1 Å². The number of anilines is 1. The van der Waals surface area contributed by atoms with Gasteiger partial charge >= 0.3 is 0 Å². The summed E-state index contributed by atoms with van der Waals surface area (Å²) in [5.41, 5.74) is 3.73. The minimum absolute atomic E-state index is 0.0960. The van der Waals surface area contributed by atoms with Crippen LogP contribution in [-0.4, -0.2) is 22.8 Å². The average Bonchev–Trinajstić information content (AvgIpc) is 3.33. The number of aryl methyl sites for hydroxylation is 2. The molecule has 1 fully saturated rings. The van der Waals surface area contributed by atoms with Crippen LogP contribution in [0.4, 0.5) is 5.69 Å². The van der Waals surface area contributed by atoms with Crippen LogP contribution in [0.25, 0.3) is 0 Å². The monoisotopic (exact) mass is 461 g/mol. The molecule has 0 bridgehead atoms. The van der Waals surface area contributed by atoms with Gasteiger partial charge in [0.2, 0.25) is 11.8 Å². The number of benzene rings is 1. The summed E-state index contributed by atoms with van der Waals surface area (Å²) in [5, 5.41) is 5.23. The second-order valence-corrected chi connectivity index (χ2v) is 9.85. The molecule has 2 aromatic heterocycles. The SMILES string of the molecule is Cc1ccc(N(C(=O)Cc2cccs2)[C@@H](C(=O)NC2CCCCC2)c2ccncc2)cc1C. The highest BCUT2D eigenvalue weighted by molar-refractivity contribution is 7.10. The number of aromatic nitrogens is 1. The van der Waals surface area contributed by atoms with E-state index in [9.17, 15) is 9.59 Å². The summed E-state index contributed by atoms with van der Waals surface area (Å²) < 4.78 is 0. The summed E-state index contributed by atoms with van der Waals surface area (Å²) in [6, 6.07) is 12.9. The topological polar surface area (TPSA) is 62.3 Å².